The number of nitrogens with two attached hydrogens (primary N) is 1. The summed E-state index contributed by atoms with van der Waals surface area (Å²) in [7, 11) is -3.64. The van der Waals surface area contributed by atoms with Crippen LogP contribution in [0.5, 0.6) is 0 Å². The highest BCUT2D eigenvalue weighted by Crippen LogP contribution is 2.11. The van der Waals surface area contributed by atoms with Crippen molar-refractivity contribution in [1.82, 2.24) is 10.6 Å². The van der Waals surface area contributed by atoms with Gasteiger partial charge >= 0.3 is 0 Å². The van der Waals surface area contributed by atoms with Crippen LogP contribution in [0.15, 0.2) is 29.2 Å². The van der Waals surface area contributed by atoms with E-state index < -0.39 is 10.0 Å². The van der Waals surface area contributed by atoms with Crippen LogP contribution in [0.3, 0.4) is 0 Å². The largest absolute Gasteiger partial charge is 0.355 e. The van der Waals surface area contributed by atoms with E-state index in [4.69, 9.17) is 5.14 Å². The lowest BCUT2D eigenvalue weighted by Crippen LogP contribution is -2.41. The second kappa shape index (κ2) is 8.47. The van der Waals surface area contributed by atoms with Gasteiger partial charge in [-0.3, -0.25) is 4.79 Å². The first-order chi connectivity index (χ1) is 9.97. The van der Waals surface area contributed by atoms with Crippen molar-refractivity contribution in [2.45, 2.75) is 24.2 Å². The maximum atomic E-state index is 11.9. The van der Waals surface area contributed by atoms with E-state index in [0.717, 1.165) is 31.5 Å². The number of carbonyl (C=O) groups is 1. The van der Waals surface area contributed by atoms with Crippen molar-refractivity contribution in [3.63, 3.8) is 0 Å². The zero-order valence-corrected chi connectivity index (χ0v) is 13.9. The van der Waals surface area contributed by atoms with Gasteiger partial charge in [-0.25, -0.2) is 13.6 Å². The van der Waals surface area contributed by atoms with Crippen molar-refractivity contribution in [1.29, 1.82) is 0 Å². The smallest absolute Gasteiger partial charge is 0.238 e. The first-order valence-electron chi connectivity index (χ1n) is 7.07. The van der Waals surface area contributed by atoms with Crippen LogP contribution in [0, 0.1) is 5.92 Å². The summed E-state index contributed by atoms with van der Waals surface area (Å²) >= 11 is 0. The number of hydrogen-bond donors (Lipinski definition) is 3. The van der Waals surface area contributed by atoms with E-state index in [-0.39, 0.29) is 29.1 Å². The minimum absolute atomic E-state index is 0. The lowest BCUT2D eigenvalue weighted by molar-refractivity contribution is -0.125. The molecule has 1 fully saturated rings. The highest BCUT2D eigenvalue weighted by atomic mass is 35.5. The topological polar surface area (TPSA) is 101 Å². The predicted molar refractivity (Wildman–Crippen MR) is 87.4 cm³/mol. The minimum atomic E-state index is -3.64. The number of hydrogen-bond acceptors (Lipinski definition) is 4. The summed E-state index contributed by atoms with van der Waals surface area (Å²) in [5, 5.41) is 11.2. The maximum Gasteiger partial charge on any atom is 0.238 e. The molecule has 1 heterocycles. The molecule has 1 aliphatic heterocycles. The lowest BCUT2D eigenvalue weighted by Gasteiger charge is -2.21. The van der Waals surface area contributed by atoms with Gasteiger partial charge in [0, 0.05) is 13.1 Å². The van der Waals surface area contributed by atoms with Gasteiger partial charge in [0.1, 0.15) is 0 Å². The van der Waals surface area contributed by atoms with Crippen molar-refractivity contribution in [3.8, 4) is 0 Å². The van der Waals surface area contributed by atoms with Crippen LogP contribution in [0.25, 0.3) is 0 Å². The van der Waals surface area contributed by atoms with Crippen molar-refractivity contribution in [2.75, 3.05) is 19.6 Å². The molecule has 1 aromatic rings. The monoisotopic (exact) mass is 347 g/mol. The Morgan fingerprint density at radius 3 is 2.55 bits per heavy atom. The molecule has 4 N–H and O–H groups in total. The third-order valence-electron chi connectivity index (χ3n) is 3.63. The second-order valence-electron chi connectivity index (χ2n) is 5.27. The molecule has 1 saturated heterocycles. The maximum absolute atomic E-state index is 11.9. The molecule has 1 aromatic carbocycles. The Morgan fingerprint density at radius 2 is 2.00 bits per heavy atom. The summed E-state index contributed by atoms with van der Waals surface area (Å²) in [5.74, 6) is 0.145. The van der Waals surface area contributed by atoms with Crippen LogP contribution in [0.1, 0.15) is 18.4 Å². The highest BCUT2D eigenvalue weighted by Gasteiger charge is 2.20. The fourth-order valence-corrected chi connectivity index (χ4v) is 2.91. The number of benzene rings is 1. The van der Waals surface area contributed by atoms with E-state index in [0.29, 0.717) is 13.0 Å². The molecule has 1 atom stereocenters. The SMILES string of the molecule is Cl.NS(=O)(=O)c1ccc(CCNC(=O)[C@@H]2CCCNC2)cc1. The number of sulfonamides is 1. The molecule has 0 aliphatic carbocycles. The molecule has 8 heteroatoms. The minimum Gasteiger partial charge on any atom is -0.355 e. The van der Waals surface area contributed by atoms with Crippen LogP contribution in [-0.4, -0.2) is 34.0 Å². The first-order valence-corrected chi connectivity index (χ1v) is 8.61. The summed E-state index contributed by atoms with van der Waals surface area (Å²) in [4.78, 5) is 12.0. The fraction of sp³-hybridized carbons (Fsp3) is 0.500. The van der Waals surface area contributed by atoms with E-state index >= 15 is 0 Å². The summed E-state index contributed by atoms with van der Waals surface area (Å²) in [6.07, 6.45) is 2.63. The third-order valence-corrected chi connectivity index (χ3v) is 4.56. The summed E-state index contributed by atoms with van der Waals surface area (Å²) in [6, 6.07) is 6.40. The molecular formula is C14H22ClN3O3S. The van der Waals surface area contributed by atoms with Gasteiger partial charge in [0.05, 0.1) is 10.8 Å². The first kappa shape index (κ1) is 18.9. The number of halogens is 1. The standard InChI is InChI=1S/C14H21N3O3S.ClH/c15-21(19,20)13-5-3-11(4-6-13)7-9-17-14(18)12-2-1-8-16-10-12;/h3-6,12,16H,1-2,7-10H2,(H,17,18)(H2,15,19,20);1H/t12-;/m1./s1. The number of carbonyl (C=O) groups excluding carboxylic acids is 1. The van der Waals surface area contributed by atoms with Gasteiger partial charge in [-0.1, -0.05) is 12.1 Å². The molecule has 0 bridgehead atoms. The van der Waals surface area contributed by atoms with Gasteiger partial charge in [0.15, 0.2) is 0 Å². The van der Waals surface area contributed by atoms with Gasteiger partial charge in [-0.05, 0) is 43.5 Å². The molecule has 2 rings (SSSR count). The van der Waals surface area contributed by atoms with Crippen LogP contribution in [0.2, 0.25) is 0 Å². The molecule has 22 heavy (non-hydrogen) atoms. The number of amides is 1. The third kappa shape index (κ3) is 5.57. The fourth-order valence-electron chi connectivity index (χ4n) is 2.40. The number of nitrogens with one attached hydrogen (secondary N) is 2. The van der Waals surface area contributed by atoms with E-state index in [2.05, 4.69) is 10.6 Å². The molecule has 0 radical (unpaired) electrons. The Hall–Kier alpha value is -1.15. The van der Waals surface area contributed by atoms with Crippen LogP contribution < -0.4 is 15.8 Å². The molecular weight excluding hydrogens is 326 g/mol. The molecule has 124 valence electrons. The molecule has 0 saturated carbocycles. The Balaban J connectivity index is 0.00000242. The van der Waals surface area contributed by atoms with Crippen LogP contribution >= 0.6 is 12.4 Å². The Labute approximate surface area is 137 Å². The Bertz CT molecular complexity index is 584. The van der Waals surface area contributed by atoms with E-state index in [1.165, 1.54) is 12.1 Å². The van der Waals surface area contributed by atoms with Gasteiger partial charge in [0.2, 0.25) is 15.9 Å². The van der Waals surface area contributed by atoms with Crippen LogP contribution in [0.4, 0.5) is 0 Å². The van der Waals surface area contributed by atoms with Gasteiger partial charge < -0.3 is 10.6 Å². The lowest BCUT2D eigenvalue weighted by atomic mass is 9.99. The number of piperidine rings is 1. The summed E-state index contributed by atoms with van der Waals surface area (Å²) < 4.78 is 22.3. The molecule has 6 nitrogen and oxygen atoms in total. The Kier molecular flexibility index (Phi) is 7.28. The average Bonchev–Trinajstić information content (AvgIpc) is 2.47. The van der Waals surface area contributed by atoms with Crippen molar-refractivity contribution < 1.29 is 13.2 Å². The van der Waals surface area contributed by atoms with E-state index in [1.807, 2.05) is 0 Å². The van der Waals surface area contributed by atoms with Crippen molar-refractivity contribution in [3.05, 3.63) is 29.8 Å². The van der Waals surface area contributed by atoms with Gasteiger partial charge in [-0.15, -0.1) is 12.4 Å². The average molecular weight is 348 g/mol. The van der Waals surface area contributed by atoms with E-state index in [9.17, 15) is 13.2 Å². The van der Waals surface area contributed by atoms with Crippen LogP contribution in [-0.2, 0) is 21.2 Å². The summed E-state index contributed by atoms with van der Waals surface area (Å²) in [6.45, 7) is 2.28. The molecule has 0 aromatic heterocycles. The van der Waals surface area contributed by atoms with Crippen molar-refractivity contribution >= 4 is 28.3 Å². The predicted octanol–water partition coefficient (Wildman–Crippen LogP) is 0.414. The quantitative estimate of drug-likeness (QED) is 0.718. The zero-order valence-electron chi connectivity index (χ0n) is 12.2. The van der Waals surface area contributed by atoms with Gasteiger partial charge in [0.25, 0.3) is 0 Å². The second-order valence-corrected chi connectivity index (χ2v) is 6.83. The summed E-state index contributed by atoms with van der Waals surface area (Å²) in [5.41, 5.74) is 0.962. The molecule has 1 amide bonds. The number of primary sulfonamides is 1. The van der Waals surface area contributed by atoms with E-state index in [1.54, 1.807) is 12.1 Å². The normalized spacial score (nSPS) is 18.3. The van der Waals surface area contributed by atoms with Gasteiger partial charge in [-0.2, -0.15) is 0 Å². The molecule has 1 aliphatic rings. The van der Waals surface area contributed by atoms with Crippen molar-refractivity contribution in [2.24, 2.45) is 11.1 Å². The highest BCUT2D eigenvalue weighted by molar-refractivity contribution is 7.89. The molecule has 0 unspecified atom stereocenters. The Morgan fingerprint density at radius 1 is 1.32 bits per heavy atom. The zero-order chi connectivity index (χ0) is 15.3. The molecule has 0 spiro atoms. The number of rotatable bonds is 5.